The molecule has 56 valence electrons. The van der Waals surface area contributed by atoms with Gasteiger partial charge in [-0.3, -0.25) is 4.57 Å². The van der Waals surface area contributed by atoms with Crippen LogP contribution in [-0.4, -0.2) is 15.6 Å². The summed E-state index contributed by atoms with van der Waals surface area (Å²) in [6.07, 6.45) is 0.313. The Kier molecular flexibility index (Phi) is 3.70. The third-order valence-electron chi connectivity index (χ3n) is 0.919. The van der Waals surface area contributed by atoms with Gasteiger partial charge in [0.15, 0.2) is 0 Å². The smallest absolute Gasteiger partial charge is 0.323 e. The standard InChI is InChI=1S/C3H9ClNO3P/c1-2-3(5-4)9(6,7)8/h3,5H,2H2,1H3,(H2,6,7,8). The number of hydrogen-bond donors (Lipinski definition) is 3. The van der Waals surface area contributed by atoms with Crippen molar-refractivity contribution in [2.45, 2.75) is 19.1 Å². The largest absolute Gasteiger partial charge is 0.343 e. The van der Waals surface area contributed by atoms with Crippen LogP contribution in [0.15, 0.2) is 0 Å². The Bertz CT molecular complexity index is 120. The van der Waals surface area contributed by atoms with Gasteiger partial charge in [0, 0.05) is 0 Å². The van der Waals surface area contributed by atoms with E-state index in [2.05, 4.69) is 0 Å². The molecule has 3 N–H and O–H groups in total. The zero-order valence-electron chi connectivity index (χ0n) is 4.91. The molecule has 0 spiro atoms. The molecule has 0 amide bonds. The molecule has 0 heterocycles. The van der Waals surface area contributed by atoms with Crippen LogP contribution in [0.5, 0.6) is 0 Å². The Morgan fingerprint density at radius 3 is 2.22 bits per heavy atom. The summed E-state index contributed by atoms with van der Waals surface area (Å²) in [5.74, 6) is -0.917. The van der Waals surface area contributed by atoms with Crippen molar-refractivity contribution in [1.29, 1.82) is 0 Å². The Balaban J connectivity index is 3.96. The highest BCUT2D eigenvalue weighted by atomic mass is 35.5. The first-order valence-corrected chi connectivity index (χ1v) is 4.49. The van der Waals surface area contributed by atoms with Crippen LogP contribution in [0, 0.1) is 0 Å². The van der Waals surface area contributed by atoms with Gasteiger partial charge >= 0.3 is 7.60 Å². The topological polar surface area (TPSA) is 69.6 Å². The molecule has 9 heavy (non-hydrogen) atoms. The second-order valence-corrected chi connectivity index (χ2v) is 3.64. The molecule has 0 aliphatic heterocycles. The highest BCUT2D eigenvalue weighted by Crippen LogP contribution is 2.41. The maximum atomic E-state index is 10.3. The molecule has 0 fully saturated rings. The van der Waals surface area contributed by atoms with Gasteiger partial charge in [-0.2, -0.15) is 0 Å². The minimum Gasteiger partial charge on any atom is -0.323 e. The lowest BCUT2D eigenvalue weighted by atomic mass is 10.5. The van der Waals surface area contributed by atoms with Crippen molar-refractivity contribution in [2.24, 2.45) is 0 Å². The number of halogens is 1. The number of hydrogen-bond acceptors (Lipinski definition) is 2. The average molecular weight is 174 g/mol. The molecular weight excluding hydrogens is 164 g/mol. The van der Waals surface area contributed by atoms with Crippen LogP contribution in [-0.2, 0) is 4.57 Å². The predicted octanol–water partition coefficient (Wildman–Crippen LogP) is 0.644. The molecule has 6 heteroatoms. The van der Waals surface area contributed by atoms with Gasteiger partial charge in [-0.1, -0.05) is 6.92 Å². The molecule has 0 saturated carbocycles. The van der Waals surface area contributed by atoms with E-state index in [4.69, 9.17) is 21.6 Å². The van der Waals surface area contributed by atoms with E-state index in [1.807, 2.05) is 4.84 Å². The lowest BCUT2D eigenvalue weighted by molar-refractivity contribution is 0.353. The molecule has 1 atom stereocenters. The van der Waals surface area contributed by atoms with E-state index in [9.17, 15) is 4.57 Å². The maximum absolute atomic E-state index is 10.3. The van der Waals surface area contributed by atoms with Crippen LogP contribution >= 0.6 is 19.4 Å². The van der Waals surface area contributed by atoms with Crippen LogP contribution in [0.2, 0.25) is 0 Å². The van der Waals surface area contributed by atoms with Crippen molar-refractivity contribution >= 4 is 19.4 Å². The van der Waals surface area contributed by atoms with Gasteiger partial charge in [0.05, 0.1) is 0 Å². The molecule has 0 bridgehead atoms. The van der Waals surface area contributed by atoms with Crippen molar-refractivity contribution < 1.29 is 14.4 Å². The van der Waals surface area contributed by atoms with Crippen LogP contribution in [0.1, 0.15) is 13.3 Å². The minimum atomic E-state index is -4.02. The van der Waals surface area contributed by atoms with E-state index in [0.29, 0.717) is 6.42 Å². The summed E-state index contributed by atoms with van der Waals surface area (Å²) in [5.41, 5.74) is 0. The molecule has 0 aromatic carbocycles. The highest BCUT2D eigenvalue weighted by molar-refractivity contribution is 7.52. The fourth-order valence-corrected chi connectivity index (χ4v) is 1.52. The molecule has 1 unspecified atom stereocenters. The van der Waals surface area contributed by atoms with Gasteiger partial charge in [0.1, 0.15) is 5.78 Å². The molecule has 0 aliphatic carbocycles. The molecular formula is C3H9ClNO3P. The monoisotopic (exact) mass is 173 g/mol. The summed E-state index contributed by atoms with van der Waals surface area (Å²) in [7, 11) is -4.02. The first-order chi connectivity index (χ1) is 4.02. The maximum Gasteiger partial charge on any atom is 0.343 e. The predicted molar refractivity (Wildman–Crippen MR) is 35.1 cm³/mol. The van der Waals surface area contributed by atoms with Crippen molar-refractivity contribution in [1.82, 2.24) is 4.84 Å². The summed E-state index contributed by atoms with van der Waals surface area (Å²) < 4.78 is 10.3. The summed E-state index contributed by atoms with van der Waals surface area (Å²) in [4.78, 5) is 18.9. The lowest BCUT2D eigenvalue weighted by Crippen LogP contribution is -2.19. The van der Waals surface area contributed by atoms with E-state index >= 15 is 0 Å². The zero-order chi connectivity index (χ0) is 7.49. The third kappa shape index (κ3) is 3.18. The quantitative estimate of drug-likeness (QED) is 0.433. The number of rotatable bonds is 3. The van der Waals surface area contributed by atoms with Crippen molar-refractivity contribution in [3.63, 3.8) is 0 Å². The van der Waals surface area contributed by atoms with Crippen molar-refractivity contribution in [2.75, 3.05) is 0 Å². The zero-order valence-corrected chi connectivity index (χ0v) is 6.56. The fourth-order valence-electron chi connectivity index (χ4n) is 0.379. The summed E-state index contributed by atoms with van der Waals surface area (Å²) in [6.45, 7) is 1.64. The van der Waals surface area contributed by atoms with E-state index < -0.39 is 13.4 Å². The first-order valence-electron chi connectivity index (χ1n) is 2.43. The summed E-state index contributed by atoms with van der Waals surface area (Å²) >= 11 is 5.01. The SMILES string of the molecule is CCC(NCl)P(=O)(O)O. The fraction of sp³-hybridized carbons (Fsp3) is 1.00. The van der Waals surface area contributed by atoms with Crippen LogP contribution in [0.25, 0.3) is 0 Å². The molecule has 4 nitrogen and oxygen atoms in total. The van der Waals surface area contributed by atoms with Gasteiger partial charge in [-0.25, -0.2) is 4.84 Å². The van der Waals surface area contributed by atoms with Crippen LogP contribution in [0.3, 0.4) is 0 Å². The van der Waals surface area contributed by atoms with E-state index in [0.717, 1.165) is 0 Å². The van der Waals surface area contributed by atoms with Crippen LogP contribution < -0.4 is 4.84 Å². The normalized spacial score (nSPS) is 15.6. The number of nitrogens with one attached hydrogen (secondary N) is 1. The molecule has 0 aromatic rings. The van der Waals surface area contributed by atoms with Gasteiger partial charge in [-0.15, -0.1) is 0 Å². The Labute approximate surface area is 58.5 Å². The van der Waals surface area contributed by atoms with Gasteiger partial charge < -0.3 is 9.79 Å². The van der Waals surface area contributed by atoms with Gasteiger partial charge in [0.2, 0.25) is 0 Å². The van der Waals surface area contributed by atoms with Crippen LogP contribution in [0.4, 0.5) is 0 Å². The van der Waals surface area contributed by atoms with Crippen molar-refractivity contribution in [3.05, 3.63) is 0 Å². The Morgan fingerprint density at radius 1 is 1.78 bits per heavy atom. The highest BCUT2D eigenvalue weighted by Gasteiger charge is 2.25. The molecule has 0 radical (unpaired) electrons. The van der Waals surface area contributed by atoms with E-state index in [-0.39, 0.29) is 0 Å². The Morgan fingerprint density at radius 2 is 2.22 bits per heavy atom. The first kappa shape index (κ1) is 9.40. The molecule has 0 aromatic heterocycles. The summed E-state index contributed by atoms with van der Waals surface area (Å²) in [5, 5.41) is 0. The molecule has 0 rings (SSSR count). The lowest BCUT2D eigenvalue weighted by Gasteiger charge is -2.12. The molecule has 0 saturated heterocycles. The second-order valence-electron chi connectivity index (χ2n) is 1.62. The second kappa shape index (κ2) is 3.54. The van der Waals surface area contributed by atoms with E-state index in [1.165, 1.54) is 0 Å². The van der Waals surface area contributed by atoms with Crippen molar-refractivity contribution in [3.8, 4) is 0 Å². The molecule has 0 aliphatic rings. The third-order valence-corrected chi connectivity index (χ3v) is 2.64. The average Bonchev–Trinajstić information content (AvgIpc) is 1.65. The van der Waals surface area contributed by atoms with E-state index in [1.54, 1.807) is 6.92 Å². The Hall–Kier alpha value is 0.400. The van der Waals surface area contributed by atoms with Gasteiger partial charge in [-0.05, 0) is 18.2 Å². The van der Waals surface area contributed by atoms with Gasteiger partial charge in [0.25, 0.3) is 0 Å². The summed E-state index contributed by atoms with van der Waals surface area (Å²) in [6, 6.07) is 0. The minimum absolute atomic E-state index is 0.313.